The first kappa shape index (κ1) is 14.9. The van der Waals surface area contributed by atoms with Crippen LogP contribution < -0.4 is 4.74 Å². The highest BCUT2D eigenvalue weighted by Gasteiger charge is 2.61. The number of hydrogen-bond acceptors (Lipinski definition) is 2. The number of hydrogen-bond donors (Lipinski definition) is 0. The van der Waals surface area contributed by atoms with Gasteiger partial charge in [-0.3, -0.25) is 4.79 Å². The van der Waals surface area contributed by atoms with E-state index in [0.717, 1.165) is 24.8 Å². The number of esters is 1. The van der Waals surface area contributed by atoms with E-state index in [1.807, 2.05) is 0 Å². The smallest absolute Gasteiger partial charge is 0.321 e. The molecule has 2 aliphatic rings. The zero-order valence-electron chi connectivity index (χ0n) is 12.2. The highest BCUT2D eigenvalue weighted by Crippen LogP contribution is 2.65. The van der Waals surface area contributed by atoms with Crippen molar-refractivity contribution in [2.24, 2.45) is 16.7 Å². The van der Waals surface area contributed by atoms with Crippen molar-refractivity contribution in [3.8, 4) is 5.75 Å². The Balaban J connectivity index is 1.88. The summed E-state index contributed by atoms with van der Waals surface area (Å²) < 4.78 is 5.58. The Morgan fingerprint density at radius 3 is 2.67 bits per heavy atom. The van der Waals surface area contributed by atoms with Gasteiger partial charge in [-0.25, -0.2) is 0 Å². The fourth-order valence-electron chi connectivity index (χ4n) is 3.86. The minimum atomic E-state index is -0.545. The summed E-state index contributed by atoms with van der Waals surface area (Å²) in [5, 5.41) is 0.870. The number of ether oxygens (including phenoxy) is 1. The molecule has 0 radical (unpaired) electrons. The third-order valence-corrected chi connectivity index (χ3v) is 5.91. The van der Waals surface area contributed by atoms with E-state index in [1.54, 1.807) is 18.2 Å². The summed E-state index contributed by atoms with van der Waals surface area (Å²) in [4.78, 5) is 12.8. The molecule has 0 N–H and O–H groups in total. The van der Waals surface area contributed by atoms with E-state index in [4.69, 9.17) is 27.9 Å². The molecule has 2 fully saturated rings. The Morgan fingerprint density at radius 1 is 1.38 bits per heavy atom. The highest BCUT2D eigenvalue weighted by molar-refractivity contribution is 6.35. The molecule has 0 spiro atoms. The van der Waals surface area contributed by atoms with Gasteiger partial charge in [0.1, 0.15) is 5.75 Å². The van der Waals surface area contributed by atoms with Crippen LogP contribution in [0.4, 0.5) is 0 Å². The van der Waals surface area contributed by atoms with Crippen LogP contribution in [0.3, 0.4) is 0 Å². The maximum Gasteiger partial charge on any atom is 0.321 e. The van der Waals surface area contributed by atoms with Crippen molar-refractivity contribution in [1.82, 2.24) is 0 Å². The van der Waals surface area contributed by atoms with Crippen LogP contribution in [0.1, 0.15) is 33.1 Å². The molecule has 0 amide bonds. The number of fused-ring (bicyclic) bond motifs is 2. The number of benzene rings is 1. The Hall–Kier alpha value is -0.990. The quantitative estimate of drug-likeness (QED) is 0.420. The van der Waals surface area contributed by atoms with Gasteiger partial charge < -0.3 is 4.74 Å². The second kappa shape index (κ2) is 4.76. The molecule has 0 saturated heterocycles. The van der Waals surface area contributed by atoms with Gasteiger partial charge in [-0.15, -0.1) is 0 Å². The van der Waals surface area contributed by atoms with Crippen molar-refractivity contribution in [1.29, 1.82) is 0 Å². The number of halogens is 2. The lowest BCUT2D eigenvalue weighted by molar-refractivity contribution is -0.143. The van der Waals surface area contributed by atoms with Gasteiger partial charge in [0, 0.05) is 5.02 Å². The maximum atomic E-state index is 12.8. The summed E-state index contributed by atoms with van der Waals surface area (Å²) in [5.41, 5.74) is 0.458. The second-order valence-electron chi connectivity index (χ2n) is 6.69. The molecule has 2 nitrogen and oxygen atoms in total. The fraction of sp³-hybridized carbons (Fsp3) is 0.471. The van der Waals surface area contributed by atoms with Crippen molar-refractivity contribution < 1.29 is 9.53 Å². The van der Waals surface area contributed by atoms with E-state index in [2.05, 4.69) is 20.4 Å². The van der Waals surface area contributed by atoms with Crippen LogP contribution in [-0.2, 0) is 4.79 Å². The molecule has 2 bridgehead atoms. The van der Waals surface area contributed by atoms with Crippen LogP contribution in [0.5, 0.6) is 5.75 Å². The average Bonchev–Trinajstić information content (AvgIpc) is 2.93. The maximum absolute atomic E-state index is 12.8. The number of rotatable bonds is 2. The summed E-state index contributed by atoms with van der Waals surface area (Å²) in [6, 6.07) is 4.88. The van der Waals surface area contributed by atoms with Crippen LogP contribution in [0.2, 0.25) is 10.0 Å². The van der Waals surface area contributed by atoms with Crippen molar-refractivity contribution >= 4 is 29.2 Å². The summed E-state index contributed by atoms with van der Waals surface area (Å²) >= 11 is 12.0. The minimum absolute atomic E-state index is 0.00105. The topological polar surface area (TPSA) is 26.3 Å². The van der Waals surface area contributed by atoms with Gasteiger partial charge >= 0.3 is 5.97 Å². The van der Waals surface area contributed by atoms with E-state index >= 15 is 0 Å². The standard InChI is InChI=1S/C17H18Cl2O2/c1-10-16(2,3)11-6-7-17(10,9-11)15(20)21-14-5-4-12(18)8-13(14)19/h4-5,8,11H,1,6-7,9H2,2-3H3. The molecule has 1 aromatic rings. The van der Waals surface area contributed by atoms with Crippen LogP contribution >= 0.6 is 23.2 Å². The molecule has 0 aromatic heterocycles. The van der Waals surface area contributed by atoms with Gasteiger partial charge in [-0.05, 0) is 48.8 Å². The van der Waals surface area contributed by atoms with E-state index in [9.17, 15) is 4.79 Å². The summed E-state index contributed by atoms with van der Waals surface area (Å²) in [7, 11) is 0. The number of carbonyl (C=O) groups is 1. The van der Waals surface area contributed by atoms with Gasteiger partial charge in [-0.1, -0.05) is 49.2 Å². The van der Waals surface area contributed by atoms with E-state index < -0.39 is 5.41 Å². The molecule has 21 heavy (non-hydrogen) atoms. The summed E-state index contributed by atoms with van der Waals surface area (Å²) in [6.07, 6.45) is 2.71. The van der Waals surface area contributed by atoms with Crippen LogP contribution in [0, 0.1) is 16.7 Å². The third kappa shape index (κ3) is 2.11. The Bertz CT molecular complexity index is 636. The third-order valence-electron chi connectivity index (χ3n) is 5.38. The van der Waals surface area contributed by atoms with Crippen molar-refractivity contribution in [3.63, 3.8) is 0 Å². The van der Waals surface area contributed by atoms with E-state index in [-0.39, 0.29) is 11.4 Å². The second-order valence-corrected chi connectivity index (χ2v) is 7.53. The largest absolute Gasteiger partial charge is 0.424 e. The van der Waals surface area contributed by atoms with Gasteiger partial charge in [0.15, 0.2) is 0 Å². The van der Waals surface area contributed by atoms with Crippen LogP contribution in [0.15, 0.2) is 30.4 Å². The molecule has 4 heteroatoms. The van der Waals surface area contributed by atoms with E-state index in [0.29, 0.717) is 21.7 Å². The first-order valence-electron chi connectivity index (χ1n) is 7.14. The van der Waals surface area contributed by atoms with Crippen molar-refractivity contribution in [2.75, 3.05) is 0 Å². The Kier molecular flexibility index (Phi) is 3.38. The summed E-state index contributed by atoms with van der Waals surface area (Å²) in [6.45, 7) is 8.55. The molecule has 2 aliphatic carbocycles. The van der Waals surface area contributed by atoms with Crippen LogP contribution in [0.25, 0.3) is 0 Å². The zero-order valence-corrected chi connectivity index (χ0v) is 13.7. The van der Waals surface area contributed by atoms with Gasteiger partial charge in [0.25, 0.3) is 0 Å². The molecule has 0 heterocycles. The molecule has 3 rings (SSSR count). The fourth-order valence-corrected chi connectivity index (χ4v) is 4.31. The normalized spacial score (nSPS) is 29.7. The predicted molar refractivity (Wildman–Crippen MR) is 84.8 cm³/mol. The van der Waals surface area contributed by atoms with E-state index in [1.165, 1.54) is 0 Å². The first-order chi connectivity index (χ1) is 9.77. The molecule has 112 valence electrons. The molecule has 1 aromatic carbocycles. The first-order valence-corrected chi connectivity index (χ1v) is 7.90. The SMILES string of the molecule is C=C1C2(C(=O)Oc3ccc(Cl)cc3Cl)CCC(C2)C1(C)C. The lowest BCUT2D eigenvalue weighted by Gasteiger charge is -2.36. The molecular weight excluding hydrogens is 307 g/mol. The highest BCUT2D eigenvalue weighted by atomic mass is 35.5. The monoisotopic (exact) mass is 324 g/mol. The molecular formula is C17H18Cl2O2. The van der Waals surface area contributed by atoms with Crippen LogP contribution in [-0.4, -0.2) is 5.97 Å². The average molecular weight is 325 g/mol. The summed E-state index contributed by atoms with van der Waals surface area (Å²) in [5.74, 6) is 0.643. The molecule has 2 atom stereocenters. The minimum Gasteiger partial charge on any atom is -0.424 e. The van der Waals surface area contributed by atoms with Crippen molar-refractivity contribution in [2.45, 2.75) is 33.1 Å². The van der Waals surface area contributed by atoms with Gasteiger partial charge in [0.2, 0.25) is 0 Å². The molecule has 0 aliphatic heterocycles. The molecule has 2 unspecified atom stereocenters. The van der Waals surface area contributed by atoms with Gasteiger partial charge in [0.05, 0.1) is 10.4 Å². The Labute approximate surface area is 135 Å². The lowest BCUT2D eigenvalue weighted by Crippen LogP contribution is -2.36. The van der Waals surface area contributed by atoms with Crippen molar-refractivity contribution in [3.05, 3.63) is 40.4 Å². The Morgan fingerprint density at radius 2 is 2.10 bits per heavy atom. The molecule has 2 saturated carbocycles. The predicted octanol–water partition coefficient (Wildman–Crippen LogP) is 5.28. The number of carbonyl (C=O) groups excluding carboxylic acids is 1. The zero-order chi connectivity index (χ0) is 15.4. The lowest BCUT2D eigenvalue weighted by atomic mass is 9.68. The van der Waals surface area contributed by atoms with Gasteiger partial charge in [-0.2, -0.15) is 0 Å².